The number of halogens is 2. The number of fused-ring (bicyclic) bond motifs is 3. The van der Waals surface area contributed by atoms with E-state index in [2.05, 4.69) is 19.8 Å². The summed E-state index contributed by atoms with van der Waals surface area (Å²) in [5.74, 6) is 0.152. The van der Waals surface area contributed by atoms with Crippen molar-refractivity contribution in [2.24, 2.45) is 5.92 Å². The summed E-state index contributed by atoms with van der Waals surface area (Å²) in [4.78, 5) is 18.1. The van der Waals surface area contributed by atoms with E-state index < -0.39 is 12.0 Å². The number of anilines is 1. The minimum Gasteiger partial charge on any atom is -0.508 e. The summed E-state index contributed by atoms with van der Waals surface area (Å²) in [5, 5.41) is 22.0. The van der Waals surface area contributed by atoms with Gasteiger partial charge in [-0.2, -0.15) is 9.97 Å². The number of piperidine rings is 1. The van der Waals surface area contributed by atoms with E-state index in [4.69, 9.17) is 9.72 Å². The fourth-order valence-corrected chi connectivity index (χ4v) is 6.98. The minimum absolute atomic E-state index is 0.0160. The van der Waals surface area contributed by atoms with Gasteiger partial charge in [0.05, 0.1) is 10.9 Å². The second-order valence-corrected chi connectivity index (χ2v) is 11.7. The van der Waals surface area contributed by atoms with Gasteiger partial charge in [0.1, 0.15) is 35.6 Å². The van der Waals surface area contributed by atoms with Gasteiger partial charge in [-0.3, -0.25) is 9.88 Å². The lowest BCUT2D eigenvalue weighted by atomic mass is 9.95. The van der Waals surface area contributed by atoms with Crippen LogP contribution in [0.4, 0.5) is 14.6 Å². The highest BCUT2D eigenvalue weighted by molar-refractivity contribution is 5.99. The summed E-state index contributed by atoms with van der Waals surface area (Å²) in [6.45, 7) is 2.93. The van der Waals surface area contributed by atoms with Crippen molar-refractivity contribution in [1.29, 1.82) is 0 Å². The fraction of sp³-hybridized carbons (Fsp3) is 0.452. The largest absolute Gasteiger partial charge is 0.508 e. The van der Waals surface area contributed by atoms with Crippen molar-refractivity contribution in [3.05, 3.63) is 48.4 Å². The van der Waals surface area contributed by atoms with Crippen molar-refractivity contribution < 1.29 is 23.7 Å². The van der Waals surface area contributed by atoms with Crippen molar-refractivity contribution in [3.8, 4) is 23.0 Å². The smallest absolute Gasteiger partial charge is 0.319 e. The number of benzene rings is 2. The van der Waals surface area contributed by atoms with Crippen LogP contribution in [-0.2, 0) is 0 Å². The van der Waals surface area contributed by atoms with Crippen molar-refractivity contribution >= 4 is 27.5 Å². The number of hydrogen-bond acceptors (Lipinski definition) is 8. The molecule has 1 unspecified atom stereocenters. The van der Waals surface area contributed by atoms with E-state index in [1.807, 2.05) is 24.3 Å². The van der Waals surface area contributed by atoms with Gasteiger partial charge in [0.2, 0.25) is 0 Å². The molecular weight excluding hydrogens is 528 g/mol. The Kier molecular flexibility index (Phi) is 6.62. The lowest BCUT2D eigenvalue weighted by molar-refractivity contribution is 0.107. The highest BCUT2D eigenvalue weighted by Crippen LogP contribution is 2.41. The maximum absolute atomic E-state index is 16.5. The van der Waals surface area contributed by atoms with Crippen molar-refractivity contribution in [2.75, 3.05) is 44.3 Å². The number of aliphatic hydroxyl groups is 1. The Labute approximate surface area is 236 Å². The molecule has 3 saturated heterocycles. The molecule has 0 amide bonds. The van der Waals surface area contributed by atoms with Crippen LogP contribution in [0.25, 0.3) is 32.9 Å². The molecule has 214 valence electrons. The lowest BCUT2D eigenvalue weighted by Gasteiger charge is -2.33. The summed E-state index contributed by atoms with van der Waals surface area (Å²) in [7, 11) is 0. The molecule has 2 atom stereocenters. The lowest BCUT2D eigenvalue weighted by Crippen LogP contribution is -2.43. The molecular formula is C31H33F2N5O3. The average Bonchev–Trinajstić information content (AvgIpc) is 3.51. The van der Waals surface area contributed by atoms with Crippen LogP contribution in [0.1, 0.15) is 32.1 Å². The minimum atomic E-state index is -0.886. The van der Waals surface area contributed by atoms with Crippen molar-refractivity contribution in [1.82, 2.24) is 19.9 Å². The van der Waals surface area contributed by atoms with E-state index in [9.17, 15) is 14.6 Å². The Balaban J connectivity index is 1.32. The number of hydrogen-bond donors (Lipinski definition) is 2. The number of alkyl halides is 1. The van der Waals surface area contributed by atoms with E-state index in [-0.39, 0.29) is 47.6 Å². The Morgan fingerprint density at radius 1 is 1.07 bits per heavy atom. The first kappa shape index (κ1) is 26.3. The van der Waals surface area contributed by atoms with Crippen LogP contribution in [0.3, 0.4) is 0 Å². The number of aromatic hydroxyl groups is 1. The molecule has 2 aromatic heterocycles. The fourth-order valence-electron chi connectivity index (χ4n) is 6.98. The SMILES string of the molecule is OCC1CCN(c2nc(OCC34CCCN3C[C@H](F)C4)nc3c(F)c(-c4cc(O)cc5ccccc45)ncc23)CC1. The maximum Gasteiger partial charge on any atom is 0.319 e. The van der Waals surface area contributed by atoms with E-state index in [0.29, 0.717) is 42.8 Å². The number of pyridine rings is 1. The number of phenolic OH excluding ortho intramolecular Hbond substituents is 1. The third-order valence-corrected chi connectivity index (χ3v) is 9.15. The molecule has 4 aromatic rings. The first-order valence-corrected chi connectivity index (χ1v) is 14.4. The molecule has 2 N–H and O–H groups in total. The van der Waals surface area contributed by atoms with Gasteiger partial charge in [0, 0.05) is 44.4 Å². The van der Waals surface area contributed by atoms with Crippen molar-refractivity contribution in [2.45, 2.75) is 43.8 Å². The van der Waals surface area contributed by atoms with Crippen LogP contribution in [0.15, 0.2) is 42.6 Å². The maximum atomic E-state index is 16.5. The normalized spacial score (nSPS) is 23.5. The van der Waals surface area contributed by atoms with Gasteiger partial charge in [-0.15, -0.1) is 0 Å². The summed E-state index contributed by atoms with van der Waals surface area (Å²) in [6, 6.07) is 10.7. The molecule has 3 aliphatic heterocycles. The first-order chi connectivity index (χ1) is 19.9. The topological polar surface area (TPSA) is 94.8 Å². The van der Waals surface area contributed by atoms with Crippen LogP contribution in [0, 0.1) is 11.7 Å². The molecule has 0 saturated carbocycles. The summed E-state index contributed by atoms with van der Waals surface area (Å²) < 4.78 is 37.0. The molecule has 0 bridgehead atoms. The van der Waals surface area contributed by atoms with Gasteiger partial charge in [-0.05, 0) is 61.1 Å². The van der Waals surface area contributed by atoms with E-state index in [1.165, 1.54) is 6.07 Å². The number of nitrogens with zero attached hydrogens (tertiary/aromatic N) is 5. The van der Waals surface area contributed by atoms with Crippen molar-refractivity contribution in [3.63, 3.8) is 0 Å². The quantitative estimate of drug-likeness (QED) is 0.345. The Morgan fingerprint density at radius 2 is 1.90 bits per heavy atom. The highest BCUT2D eigenvalue weighted by atomic mass is 19.1. The molecule has 0 spiro atoms. The third kappa shape index (κ3) is 4.63. The first-order valence-electron chi connectivity index (χ1n) is 14.4. The number of aliphatic hydroxyl groups excluding tert-OH is 1. The van der Waals surface area contributed by atoms with Gasteiger partial charge in [-0.1, -0.05) is 24.3 Å². The van der Waals surface area contributed by atoms with E-state index >= 15 is 4.39 Å². The monoisotopic (exact) mass is 561 g/mol. The Hall–Kier alpha value is -3.63. The molecule has 41 heavy (non-hydrogen) atoms. The molecule has 0 radical (unpaired) electrons. The Morgan fingerprint density at radius 3 is 2.73 bits per heavy atom. The summed E-state index contributed by atoms with van der Waals surface area (Å²) in [6.07, 6.45) is 4.52. The van der Waals surface area contributed by atoms with Crippen LogP contribution in [-0.4, -0.2) is 81.2 Å². The summed E-state index contributed by atoms with van der Waals surface area (Å²) >= 11 is 0. The highest BCUT2D eigenvalue weighted by Gasteiger charge is 2.49. The number of phenols is 1. The number of ether oxygens (including phenoxy) is 1. The predicted octanol–water partition coefficient (Wildman–Crippen LogP) is 4.85. The van der Waals surface area contributed by atoms with Gasteiger partial charge in [-0.25, -0.2) is 8.78 Å². The molecule has 7 rings (SSSR count). The zero-order valence-electron chi connectivity index (χ0n) is 22.8. The standard InChI is InChI=1S/C31H33F2N5O3/c32-21-14-31(8-3-9-38(31)16-21)18-41-30-35-28-25(29(36-30)37-10-6-19(17-39)7-11-37)15-34-27(26(28)33)24-13-22(40)12-20-4-1-2-5-23(20)24/h1-2,4-5,12-13,15,19,21,39-40H,3,6-11,14,16-18H2/t21-,31?/m1/s1. The summed E-state index contributed by atoms with van der Waals surface area (Å²) in [5.41, 5.74) is 0.240. The molecule has 5 heterocycles. The van der Waals surface area contributed by atoms with Crippen LogP contribution in [0.2, 0.25) is 0 Å². The second kappa shape index (κ2) is 10.3. The molecule has 8 nitrogen and oxygen atoms in total. The molecule has 2 aromatic carbocycles. The van der Waals surface area contributed by atoms with E-state index in [0.717, 1.165) is 43.0 Å². The number of rotatable bonds is 6. The van der Waals surface area contributed by atoms with Gasteiger partial charge >= 0.3 is 6.01 Å². The molecule has 10 heteroatoms. The Bertz CT molecular complexity index is 1610. The zero-order valence-corrected chi connectivity index (χ0v) is 22.8. The van der Waals surface area contributed by atoms with Crippen LogP contribution in [0.5, 0.6) is 11.8 Å². The van der Waals surface area contributed by atoms with Gasteiger partial charge in [0.25, 0.3) is 0 Å². The van der Waals surface area contributed by atoms with Crippen LogP contribution >= 0.6 is 0 Å². The molecule has 3 aliphatic rings. The molecule has 3 fully saturated rings. The predicted molar refractivity (Wildman–Crippen MR) is 152 cm³/mol. The van der Waals surface area contributed by atoms with Crippen LogP contribution < -0.4 is 9.64 Å². The second-order valence-electron chi connectivity index (χ2n) is 11.7. The van der Waals surface area contributed by atoms with Gasteiger partial charge in [0.15, 0.2) is 5.82 Å². The average molecular weight is 562 g/mol. The van der Waals surface area contributed by atoms with Gasteiger partial charge < -0.3 is 19.8 Å². The van der Waals surface area contributed by atoms with E-state index in [1.54, 1.807) is 12.3 Å². The molecule has 0 aliphatic carbocycles. The zero-order chi connectivity index (χ0) is 28.1. The third-order valence-electron chi connectivity index (χ3n) is 9.15. The number of aromatic nitrogens is 3.